The predicted molar refractivity (Wildman–Crippen MR) is 101 cm³/mol. The smallest absolute Gasteiger partial charge is 0.408 e. The summed E-state index contributed by atoms with van der Waals surface area (Å²) in [5.74, 6) is -1.15. The van der Waals surface area contributed by atoms with E-state index in [-0.39, 0.29) is 39.8 Å². The minimum atomic E-state index is -1.21. The number of hydrogen-bond acceptors (Lipinski definition) is 4. The lowest BCUT2D eigenvalue weighted by molar-refractivity contribution is 0.0946. The van der Waals surface area contributed by atoms with Crippen molar-refractivity contribution in [3.8, 4) is 17.6 Å². The quantitative estimate of drug-likeness (QED) is 0.688. The Morgan fingerprint density at radius 1 is 1.36 bits per heavy atom. The van der Waals surface area contributed by atoms with Crippen molar-refractivity contribution in [2.24, 2.45) is 0 Å². The van der Waals surface area contributed by atoms with Crippen LogP contribution in [0, 0.1) is 17.1 Å². The lowest BCUT2D eigenvalue weighted by Gasteiger charge is -2.33. The van der Waals surface area contributed by atoms with Gasteiger partial charge >= 0.3 is 6.09 Å². The van der Waals surface area contributed by atoms with Crippen LogP contribution in [0.3, 0.4) is 0 Å². The first kappa shape index (κ1) is 21.2. The van der Waals surface area contributed by atoms with Gasteiger partial charge in [-0.1, -0.05) is 17.7 Å². The van der Waals surface area contributed by atoms with E-state index in [1.54, 1.807) is 20.8 Å². The molecule has 1 N–H and O–H groups in total. The second kappa shape index (κ2) is 8.28. The van der Waals surface area contributed by atoms with E-state index in [9.17, 15) is 14.7 Å². The summed E-state index contributed by atoms with van der Waals surface area (Å²) >= 11 is 5.93. The van der Waals surface area contributed by atoms with Crippen molar-refractivity contribution in [1.29, 1.82) is 5.26 Å². The summed E-state index contributed by atoms with van der Waals surface area (Å²) in [5, 5.41) is 18.7. The van der Waals surface area contributed by atoms with Crippen LogP contribution < -0.4 is 4.74 Å². The monoisotopic (exact) mass is 404 g/mol. The Labute approximate surface area is 166 Å². The number of amides is 1. The van der Waals surface area contributed by atoms with Crippen molar-refractivity contribution in [2.75, 3.05) is 0 Å². The average molecular weight is 405 g/mol. The number of aldehydes is 1. The fraction of sp³-hybridized carbons (Fsp3) is 0.250. The molecule has 0 aromatic heterocycles. The van der Waals surface area contributed by atoms with Gasteiger partial charge < -0.3 is 9.84 Å². The Morgan fingerprint density at radius 2 is 2.04 bits per heavy atom. The van der Waals surface area contributed by atoms with Crippen LogP contribution in [0.15, 0.2) is 30.3 Å². The first-order valence-electron chi connectivity index (χ1n) is 8.22. The van der Waals surface area contributed by atoms with Gasteiger partial charge in [-0.05, 0) is 45.0 Å². The van der Waals surface area contributed by atoms with Crippen LogP contribution >= 0.6 is 11.6 Å². The van der Waals surface area contributed by atoms with E-state index >= 15 is 4.39 Å². The highest BCUT2D eigenvalue weighted by molar-refractivity contribution is 6.30. The number of rotatable bonds is 5. The maximum Gasteiger partial charge on any atom is 0.408 e. The topological polar surface area (TPSA) is 90.6 Å². The molecule has 0 heterocycles. The predicted octanol–water partition coefficient (Wildman–Crippen LogP) is 5.23. The van der Waals surface area contributed by atoms with Crippen LogP contribution in [0.1, 0.15) is 42.3 Å². The zero-order valence-corrected chi connectivity index (χ0v) is 16.2. The zero-order chi connectivity index (χ0) is 21.1. The largest absolute Gasteiger partial charge is 0.465 e. The molecule has 146 valence electrons. The van der Waals surface area contributed by atoms with Crippen molar-refractivity contribution in [2.45, 2.75) is 32.9 Å². The molecule has 0 unspecified atom stereocenters. The molecule has 2 aromatic rings. The summed E-state index contributed by atoms with van der Waals surface area (Å²) in [4.78, 5) is 23.9. The molecule has 6 nitrogen and oxygen atoms in total. The molecule has 1 amide bonds. The molecule has 2 rings (SSSR count). The Balaban J connectivity index is 2.49. The van der Waals surface area contributed by atoms with E-state index in [1.807, 2.05) is 6.07 Å². The van der Waals surface area contributed by atoms with E-state index in [0.29, 0.717) is 6.29 Å². The van der Waals surface area contributed by atoms with Crippen molar-refractivity contribution in [1.82, 2.24) is 4.90 Å². The van der Waals surface area contributed by atoms with E-state index in [0.717, 1.165) is 4.90 Å². The van der Waals surface area contributed by atoms with Crippen molar-refractivity contribution >= 4 is 24.0 Å². The number of benzene rings is 2. The Morgan fingerprint density at radius 3 is 2.57 bits per heavy atom. The first-order chi connectivity index (χ1) is 13.1. The average Bonchev–Trinajstić information content (AvgIpc) is 2.60. The number of halogens is 2. The highest BCUT2D eigenvalue weighted by atomic mass is 35.5. The second-order valence-electron chi connectivity index (χ2n) is 7.00. The molecule has 28 heavy (non-hydrogen) atoms. The maximum absolute atomic E-state index is 15.1. The van der Waals surface area contributed by atoms with Crippen molar-refractivity contribution in [3.63, 3.8) is 0 Å². The molecular formula is C20H18ClFN2O4. The summed E-state index contributed by atoms with van der Waals surface area (Å²) in [6.07, 6.45) is -0.779. The second-order valence-corrected chi connectivity index (χ2v) is 7.44. The highest BCUT2D eigenvalue weighted by Crippen LogP contribution is 2.33. The molecule has 0 spiro atoms. The lowest BCUT2D eigenvalue weighted by Crippen LogP contribution is -2.44. The summed E-state index contributed by atoms with van der Waals surface area (Å²) < 4.78 is 20.6. The third-order valence-electron chi connectivity index (χ3n) is 3.92. The summed E-state index contributed by atoms with van der Waals surface area (Å²) in [6.45, 7) is 4.82. The Hall–Kier alpha value is -3.11. The fourth-order valence-corrected chi connectivity index (χ4v) is 2.72. The molecule has 0 aliphatic carbocycles. The zero-order valence-electron chi connectivity index (χ0n) is 15.5. The van der Waals surface area contributed by atoms with Gasteiger partial charge in [0.15, 0.2) is 17.9 Å². The molecule has 0 aliphatic heterocycles. The third-order valence-corrected chi connectivity index (χ3v) is 4.14. The minimum absolute atomic E-state index is 0.0421. The normalized spacial score (nSPS) is 10.9. The third kappa shape index (κ3) is 4.78. The van der Waals surface area contributed by atoms with Gasteiger partial charge in [0.25, 0.3) is 0 Å². The molecule has 0 saturated carbocycles. The minimum Gasteiger partial charge on any atom is -0.465 e. The number of carbonyl (C=O) groups is 2. The van der Waals surface area contributed by atoms with Gasteiger partial charge in [-0.3, -0.25) is 9.69 Å². The maximum atomic E-state index is 15.1. The van der Waals surface area contributed by atoms with Crippen LogP contribution in [0.4, 0.5) is 9.18 Å². The van der Waals surface area contributed by atoms with Crippen LogP contribution in [0.5, 0.6) is 11.5 Å². The Bertz CT molecular complexity index is 964. The molecule has 8 heteroatoms. The molecule has 0 fully saturated rings. The van der Waals surface area contributed by atoms with Gasteiger partial charge in [-0.15, -0.1) is 0 Å². The number of carbonyl (C=O) groups excluding carboxylic acids is 1. The fourth-order valence-electron chi connectivity index (χ4n) is 2.50. The molecular weight excluding hydrogens is 387 g/mol. The SMILES string of the molecule is CC(C)(C)N(Cc1ccc(C=O)c(Oc2cc(Cl)cc(C#N)c2)c1F)C(=O)O. The number of nitrogens with zero attached hydrogens (tertiary/aromatic N) is 2. The summed E-state index contributed by atoms with van der Waals surface area (Å²) in [5.41, 5.74) is -0.577. The molecule has 0 aliphatic rings. The number of nitriles is 1. The molecule has 0 atom stereocenters. The first-order valence-corrected chi connectivity index (χ1v) is 8.60. The van der Waals surface area contributed by atoms with Crippen LogP contribution in [0.25, 0.3) is 0 Å². The number of ether oxygens (including phenoxy) is 1. The van der Waals surface area contributed by atoms with E-state index in [2.05, 4.69) is 0 Å². The van der Waals surface area contributed by atoms with Crippen LogP contribution in [0.2, 0.25) is 5.02 Å². The van der Waals surface area contributed by atoms with E-state index in [4.69, 9.17) is 21.6 Å². The molecule has 0 saturated heterocycles. The van der Waals surface area contributed by atoms with Crippen molar-refractivity contribution in [3.05, 3.63) is 57.9 Å². The van der Waals surface area contributed by atoms with Gasteiger partial charge in [0, 0.05) is 16.1 Å². The molecule has 0 radical (unpaired) electrons. The van der Waals surface area contributed by atoms with Gasteiger partial charge in [0.05, 0.1) is 23.7 Å². The van der Waals surface area contributed by atoms with E-state index in [1.165, 1.54) is 30.3 Å². The summed E-state index contributed by atoms with van der Waals surface area (Å²) in [6, 6.07) is 8.73. The van der Waals surface area contributed by atoms with E-state index < -0.39 is 17.4 Å². The Kier molecular flexibility index (Phi) is 6.26. The lowest BCUT2D eigenvalue weighted by atomic mass is 10.0. The van der Waals surface area contributed by atoms with Gasteiger partial charge in [0.2, 0.25) is 0 Å². The molecule has 2 aromatic carbocycles. The highest BCUT2D eigenvalue weighted by Gasteiger charge is 2.28. The molecule has 0 bridgehead atoms. The summed E-state index contributed by atoms with van der Waals surface area (Å²) in [7, 11) is 0. The standard InChI is InChI=1S/C20H18ClFN2O4/c1-20(2,3)24(19(26)27)10-13-4-5-14(11-25)18(17(13)22)28-16-7-12(9-23)6-15(21)8-16/h4-8,11H,10H2,1-3H3,(H,26,27). The van der Waals surface area contributed by atoms with Gasteiger partial charge in [-0.2, -0.15) is 5.26 Å². The van der Waals surface area contributed by atoms with Crippen molar-refractivity contribution < 1.29 is 23.8 Å². The van der Waals surface area contributed by atoms with Gasteiger partial charge in [0.1, 0.15) is 5.75 Å². The van der Waals surface area contributed by atoms with Crippen LogP contribution in [-0.2, 0) is 6.54 Å². The number of hydrogen-bond donors (Lipinski definition) is 1. The van der Waals surface area contributed by atoms with Gasteiger partial charge in [-0.25, -0.2) is 9.18 Å². The number of carboxylic acid groups (broad SMARTS) is 1. The van der Waals surface area contributed by atoms with Crippen LogP contribution in [-0.4, -0.2) is 27.9 Å².